The first-order valence-corrected chi connectivity index (χ1v) is 11.8. The number of rotatable bonds is 5. The molecule has 1 atom stereocenters. The van der Waals surface area contributed by atoms with E-state index in [-0.39, 0.29) is 32.2 Å². The molecule has 2 aromatic carbocycles. The average molecular weight is 531 g/mol. The second-order valence-corrected chi connectivity index (χ2v) is 9.13. The van der Waals surface area contributed by atoms with Gasteiger partial charge in [-0.15, -0.1) is 0 Å². The largest absolute Gasteiger partial charge is 0.493 e. The summed E-state index contributed by atoms with van der Waals surface area (Å²) in [7, 11) is 2.63. The molecule has 0 saturated heterocycles. The number of aromatic nitrogens is 1. The number of allylic oxidation sites excluding steroid dienone is 1. The second kappa shape index (κ2) is 10.1. The van der Waals surface area contributed by atoms with Crippen molar-refractivity contribution >= 4 is 41.0 Å². The van der Waals surface area contributed by atoms with E-state index >= 15 is 0 Å². The number of carbonyl (C=O) groups is 2. The van der Waals surface area contributed by atoms with Crippen molar-refractivity contribution in [3.8, 4) is 11.5 Å². The van der Waals surface area contributed by atoms with Gasteiger partial charge in [0.15, 0.2) is 16.3 Å². The van der Waals surface area contributed by atoms with Gasteiger partial charge in [0.05, 0.1) is 41.1 Å². The number of halogens is 2. The van der Waals surface area contributed by atoms with Crippen molar-refractivity contribution in [2.45, 2.75) is 19.9 Å². The minimum atomic E-state index is -0.938. The maximum atomic E-state index is 14.4. The number of hydrogen-bond donors (Lipinski definition) is 0. The molecule has 2 heterocycles. The normalized spacial score (nSPS) is 15.3. The van der Waals surface area contributed by atoms with Crippen molar-refractivity contribution in [1.82, 2.24) is 4.57 Å². The van der Waals surface area contributed by atoms with Crippen LogP contribution in [0.3, 0.4) is 0 Å². The second-order valence-electron chi connectivity index (χ2n) is 7.71. The monoisotopic (exact) mass is 530 g/mol. The number of ether oxygens (including phenoxy) is 3. The molecular weight excluding hydrogens is 511 g/mol. The Balaban J connectivity index is 1.99. The van der Waals surface area contributed by atoms with Gasteiger partial charge in [0.2, 0.25) is 0 Å². The van der Waals surface area contributed by atoms with Gasteiger partial charge in [-0.05, 0) is 42.8 Å². The first kappa shape index (κ1) is 25.3. The third kappa shape index (κ3) is 4.57. The SMILES string of the molecule is COC(=O)C1=C(C)N=c2s/c(=C/c3c(F)cccc3Cl)c(=O)n2C1c1ccc(OC(C)=O)c(OC)c1. The van der Waals surface area contributed by atoms with E-state index in [1.165, 1.54) is 56.1 Å². The molecule has 0 fully saturated rings. The molecule has 0 spiro atoms. The smallest absolute Gasteiger partial charge is 0.338 e. The van der Waals surface area contributed by atoms with Crippen LogP contribution in [0.2, 0.25) is 5.02 Å². The Hall–Kier alpha value is -3.76. The fourth-order valence-electron chi connectivity index (χ4n) is 3.88. The number of hydrogen-bond acceptors (Lipinski definition) is 8. The summed E-state index contributed by atoms with van der Waals surface area (Å²) in [5.74, 6) is -1.39. The van der Waals surface area contributed by atoms with E-state index in [1.807, 2.05) is 0 Å². The lowest BCUT2D eigenvalue weighted by atomic mass is 9.95. The minimum absolute atomic E-state index is 0.0669. The zero-order valence-electron chi connectivity index (χ0n) is 19.6. The molecule has 0 amide bonds. The van der Waals surface area contributed by atoms with Crippen molar-refractivity contribution < 1.29 is 28.2 Å². The van der Waals surface area contributed by atoms with Crippen LogP contribution in [0.25, 0.3) is 6.08 Å². The Morgan fingerprint density at radius 3 is 2.58 bits per heavy atom. The van der Waals surface area contributed by atoms with E-state index in [0.29, 0.717) is 16.1 Å². The highest BCUT2D eigenvalue weighted by atomic mass is 35.5. The number of methoxy groups -OCH3 is 2. The van der Waals surface area contributed by atoms with Crippen LogP contribution in [0.15, 0.2) is 57.5 Å². The zero-order valence-corrected chi connectivity index (χ0v) is 21.2. The van der Waals surface area contributed by atoms with Gasteiger partial charge in [-0.1, -0.05) is 35.1 Å². The third-order valence-electron chi connectivity index (χ3n) is 5.46. The van der Waals surface area contributed by atoms with Gasteiger partial charge in [0.1, 0.15) is 5.82 Å². The van der Waals surface area contributed by atoms with Crippen LogP contribution in [-0.4, -0.2) is 30.7 Å². The zero-order chi connectivity index (χ0) is 26.1. The molecule has 1 aliphatic rings. The van der Waals surface area contributed by atoms with Crippen LogP contribution in [0, 0.1) is 5.82 Å². The number of benzene rings is 2. The summed E-state index contributed by atoms with van der Waals surface area (Å²) >= 11 is 7.19. The van der Waals surface area contributed by atoms with Crippen LogP contribution >= 0.6 is 22.9 Å². The van der Waals surface area contributed by atoms with E-state index in [4.69, 9.17) is 25.8 Å². The maximum Gasteiger partial charge on any atom is 0.338 e. The highest BCUT2D eigenvalue weighted by Crippen LogP contribution is 2.36. The number of fused-ring (bicyclic) bond motifs is 1. The summed E-state index contributed by atoms with van der Waals surface area (Å²) in [6.45, 7) is 2.89. The van der Waals surface area contributed by atoms with E-state index in [0.717, 1.165) is 11.3 Å². The third-order valence-corrected chi connectivity index (χ3v) is 6.77. The predicted molar refractivity (Wildman–Crippen MR) is 131 cm³/mol. The van der Waals surface area contributed by atoms with Crippen molar-refractivity contribution in [3.05, 3.63) is 89.3 Å². The van der Waals surface area contributed by atoms with Crippen molar-refractivity contribution in [1.29, 1.82) is 0 Å². The van der Waals surface area contributed by atoms with Gasteiger partial charge in [0, 0.05) is 12.5 Å². The topological polar surface area (TPSA) is 96.2 Å². The van der Waals surface area contributed by atoms with Crippen LogP contribution in [0.4, 0.5) is 4.39 Å². The molecule has 36 heavy (non-hydrogen) atoms. The van der Waals surface area contributed by atoms with Crippen molar-refractivity contribution in [3.63, 3.8) is 0 Å². The Morgan fingerprint density at radius 1 is 1.19 bits per heavy atom. The molecule has 0 N–H and O–H groups in total. The Labute approximate surface area is 213 Å². The summed E-state index contributed by atoms with van der Waals surface area (Å²) in [6, 6.07) is 7.98. The maximum absolute atomic E-state index is 14.4. The lowest BCUT2D eigenvalue weighted by Crippen LogP contribution is -2.39. The molecule has 1 aromatic heterocycles. The molecule has 3 aromatic rings. The number of nitrogens with zero attached hydrogens (tertiary/aromatic N) is 2. The summed E-state index contributed by atoms with van der Waals surface area (Å²) in [5, 5.41) is 0.148. The summed E-state index contributed by atoms with van der Waals surface area (Å²) in [6.07, 6.45) is 1.36. The van der Waals surface area contributed by atoms with E-state index in [1.54, 1.807) is 19.1 Å². The highest BCUT2D eigenvalue weighted by molar-refractivity contribution is 7.07. The van der Waals surface area contributed by atoms with Gasteiger partial charge in [-0.2, -0.15) is 0 Å². The number of carbonyl (C=O) groups excluding carboxylic acids is 2. The van der Waals surface area contributed by atoms with Crippen LogP contribution in [0.1, 0.15) is 31.0 Å². The van der Waals surface area contributed by atoms with Gasteiger partial charge < -0.3 is 14.2 Å². The molecule has 4 rings (SSSR count). The lowest BCUT2D eigenvalue weighted by Gasteiger charge is -2.25. The van der Waals surface area contributed by atoms with Gasteiger partial charge in [-0.3, -0.25) is 14.2 Å². The fourth-order valence-corrected chi connectivity index (χ4v) is 5.13. The summed E-state index contributed by atoms with van der Waals surface area (Å²) < 4.78 is 31.5. The predicted octanol–water partition coefficient (Wildman–Crippen LogP) is 3.13. The number of thiazole rings is 1. The van der Waals surface area contributed by atoms with Crippen LogP contribution < -0.4 is 24.4 Å². The molecule has 0 radical (unpaired) electrons. The molecule has 186 valence electrons. The van der Waals surface area contributed by atoms with Gasteiger partial charge >= 0.3 is 11.9 Å². The first-order chi connectivity index (χ1) is 17.2. The molecular formula is C25H20ClFN2O6S. The Bertz CT molecular complexity index is 1590. The van der Waals surface area contributed by atoms with E-state index in [2.05, 4.69) is 4.99 Å². The van der Waals surface area contributed by atoms with Crippen LogP contribution in [-0.2, 0) is 14.3 Å². The van der Waals surface area contributed by atoms with Gasteiger partial charge in [-0.25, -0.2) is 14.2 Å². The first-order valence-electron chi connectivity index (χ1n) is 10.6. The van der Waals surface area contributed by atoms with E-state index < -0.39 is 29.4 Å². The van der Waals surface area contributed by atoms with Crippen LogP contribution in [0.5, 0.6) is 11.5 Å². The summed E-state index contributed by atoms with van der Waals surface area (Å²) in [4.78, 5) is 42.6. The van der Waals surface area contributed by atoms with Crippen molar-refractivity contribution in [2.24, 2.45) is 4.99 Å². The number of esters is 2. The minimum Gasteiger partial charge on any atom is -0.493 e. The van der Waals surface area contributed by atoms with Gasteiger partial charge in [0.25, 0.3) is 5.56 Å². The molecule has 0 bridgehead atoms. The average Bonchev–Trinajstić information content (AvgIpc) is 3.14. The molecule has 1 unspecified atom stereocenters. The Morgan fingerprint density at radius 2 is 1.94 bits per heavy atom. The molecule has 0 saturated carbocycles. The van der Waals surface area contributed by atoms with Crippen molar-refractivity contribution in [2.75, 3.05) is 14.2 Å². The molecule has 1 aliphatic heterocycles. The quantitative estimate of drug-likeness (QED) is 0.371. The van der Waals surface area contributed by atoms with E-state index in [9.17, 15) is 18.8 Å². The molecule has 8 nitrogen and oxygen atoms in total. The Kier molecular flexibility index (Phi) is 7.09. The fraction of sp³-hybridized carbons (Fsp3) is 0.200. The standard InChI is InChI=1S/C25H20ClFN2O6S/c1-12-21(24(32)34-4)22(14-8-9-18(35-13(2)30)19(10-14)33-3)29-23(31)20(36-25(29)28-12)11-15-16(26)6-5-7-17(15)27/h5-11,22H,1-4H3/b20-11+. The molecule has 0 aliphatic carbocycles. The molecule has 11 heteroatoms. The lowest BCUT2D eigenvalue weighted by molar-refractivity contribution is -0.136. The highest BCUT2D eigenvalue weighted by Gasteiger charge is 2.33. The summed E-state index contributed by atoms with van der Waals surface area (Å²) in [5.41, 5.74) is 0.542.